The summed E-state index contributed by atoms with van der Waals surface area (Å²) >= 11 is 1.72. The van der Waals surface area contributed by atoms with E-state index >= 15 is 0 Å². The summed E-state index contributed by atoms with van der Waals surface area (Å²) in [6.07, 6.45) is 2.39. The Morgan fingerprint density at radius 2 is 2.26 bits per heavy atom. The van der Waals surface area contributed by atoms with Gasteiger partial charge in [0, 0.05) is 24.5 Å². The average Bonchev–Trinajstić information content (AvgIpc) is 2.85. The van der Waals surface area contributed by atoms with Crippen LogP contribution in [0.15, 0.2) is 17.5 Å². The van der Waals surface area contributed by atoms with Gasteiger partial charge in [0.2, 0.25) is 5.91 Å². The number of thiophene rings is 1. The second-order valence-corrected chi connectivity index (χ2v) is 6.48. The topological polar surface area (TPSA) is 52.6 Å². The Labute approximate surface area is 118 Å². The molecule has 0 spiro atoms. The van der Waals surface area contributed by atoms with Crippen molar-refractivity contribution in [3.63, 3.8) is 0 Å². The van der Waals surface area contributed by atoms with E-state index in [0.29, 0.717) is 13.1 Å². The predicted molar refractivity (Wildman–Crippen MR) is 77.3 cm³/mol. The van der Waals surface area contributed by atoms with E-state index < -0.39 is 5.60 Å². The van der Waals surface area contributed by atoms with E-state index in [-0.39, 0.29) is 5.91 Å². The molecule has 1 saturated heterocycles. The van der Waals surface area contributed by atoms with E-state index in [1.165, 1.54) is 4.88 Å². The molecule has 19 heavy (non-hydrogen) atoms. The molecule has 1 aromatic heterocycles. The van der Waals surface area contributed by atoms with Crippen molar-refractivity contribution in [2.24, 2.45) is 0 Å². The van der Waals surface area contributed by atoms with Gasteiger partial charge in [-0.2, -0.15) is 0 Å². The zero-order chi connectivity index (χ0) is 13.7. The van der Waals surface area contributed by atoms with Crippen LogP contribution in [0.2, 0.25) is 0 Å². The number of carbonyl (C=O) groups excluding carboxylic acids is 1. The molecule has 2 rings (SSSR count). The summed E-state index contributed by atoms with van der Waals surface area (Å²) in [5.74, 6) is 0.0816. The molecule has 4 nitrogen and oxygen atoms in total. The fraction of sp³-hybridized carbons (Fsp3) is 0.643. The molecule has 0 atom stereocenters. The van der Waals surface area contributed by atoms with E-state index in [9.17, 15) is 9.90 Å². The third-order valence-electron chi connectivity index (χ3n) is 3.57. The lowest BCUT2D eigenvalue weighted by molar-refractivity contribution is -0.123. The average molecular weight is 282 g/mol. The number of hydrogen-bond acceptors (Lipinski definition) is 4. The molecule has 0 bridgehead atoms. The Morgan fingerprint density at radius 1 is 1.53 bits per heavy atom. The molecular weight excluding hydrogens is 260 g/mol. The first kappa shape index (κ1) is 14.5. The summed E-state index contributed by atoms with van der Waals surface area (Å²) in [4.78, 5) is 15.2. The fourth-order valence-corrected chi connectivity index (χ4v) is 2.94. The van der Waals surface area contributed by atoms with Gasteiger partial charge in [-0.15, -0.1) is 11.3 Å². The lowest BCUT2D eigenvalue weighted by Gasteiger charge is -2.35. The molecule has 0 aliphatic carbocycles. The molecule has 1 aliphatic heterocycles. The van der Waals surface area contributed by atoms with Crippen LogP contribution in [0.5, 0.6) is 0 Å². The molecule has 106 valence electrons. The highest BCUT2D eigenvalue weighted by Gasteiger charge is 2.27. The summed E-state index contributed by atoms with van der Waals surface area (Å²) in [7, 11) is 0. The fourth-order valence-electron chi connectivity index (χ4n) is 2.23. The molecule has 0 saturated carbocycles. The number of aliphatic hydroxyl groups is 1. The first-order chi connectivity index (χ1) is 9.05. The first-order valence-corrected chi connectivity index (χ1v) is 7.67. The molecule has 0 radical (unpaired) electrons. The van der Waals surface area contributed by atoms with Crippen LogP contribution >= 0.6 is 11.3 Å². The van der Waals surface area contributed by atoms with Crippen molar-refractivity contribution in [2.45, 2.75) is 31.8 Å². The summed E-state index contributed by atoms with van der Waals surface area (Å²) in [6, 6.07) is 4.12. The monoisotopic (exact) mass is 282 g/mol. The SMILES string of the molecule is CC1(O)CCN(CC(=O)NCCc2cccs2)CC1. The van der Waals surface area contributed by atoms with Crippen molar-refractivity contribution in [1.29, 1.82) is 0 Å². The minimum absolute atomic E-state index is 0.0816. The molecule has 5 heteroatoms. The van der Waals surface area contributed by atoms with Gasteiger partial charge < -0.3 is 10.4 Å². The van der Waals surface area contributed by atoms with Gasteiger partial charge in [-0.25, -0.2) is 0 Å². The highest BCUT2D eigenvalue weighted by molar-refractivity contribution is 7.09. The van der Waals surface area contributed by atoms with E-state index in [2.05, 4.69) is 21.7 Å². The Hall–Kier alpha value is -0.910. The van der Waals surface area contributed by atoms with Gasteiger partial charge in [-0.1, -0.05) is 6.07 Å². The van der Waals surface area contributed by atoms with Gasteiger partial charge in [0.25, 0.3) is 0 Å². The maximum atomic E-state index is 11.8. The third kappa shape index (κ3) is 4.93. The van der Waals surface area contributed by atoms with Crippen LogP contribution in [0.1, 0.15) is 24.6 Å². The Balaban J connectivity index is 1.62. The molecule has 2 N–H and O–H groups in total. The number of hydrogen-bond donors (Lipinski definition) is 2. The molecular formula is C14H22N2O2S. The van der Waals surface area contributed by atoms with Crippen molar-refractivity contribution in [1.82, 2.24) is 10.2 Å². The lowest BCUT2D eigenvalue weighted by Crippen LogP contribution is -2.46. The maximum Gasteiger partial charge on any atom is 0.234 e. The smallest absolute Gasteiger partial charge is 0.234 e. The Morgan fingerprint density at radius 3 is 2.89 bits per heavy atom. The largest absolute Gasteiger partial charge is 0.390 e. The standard InChI is InChI=1S/C14H22N2O2S/c1-14(18)5-8-16(9-6-14)11-13(17)15-7-4-12-3-2-10-19-12/h2-3,10,18H,4-9,11H2,1H3,(H,15,17). The summed E-state index contributed by atoms with van der Waals surface area (Å²) < 4.78 is 0. The van der Waals surface area contributed by atoms with E-state index in [1.807, 2.05) is 13.0 Å². The summed E-state index contributed by atoms with van der Waals surface area (Å²) in [5.41, 5.74) is -0.549. The second kappa shape index (κ2) is 6.50. The number of likely N-dealkylation sites (tertiary alicyclic amines) is 1. The van der Waals surface area contributed by atoms with E-state index in [1.54, 1.807) is 11.3 Å². The van der Waals surface area contributed by atoms with Crippen LogP contribution in [0.4, 0.5) is 0 Å². The van der Waals surface area contributed by atoms with Crippen molar-refractivity contribution >= 4 is 17.2 Å². The van der Waals surface area contributed by atoms with Gasteiger partial charge in [0.1, 0.15) is 0 Å². The van der Waals surface area contributed by atoms with Crippen molar-refractivity contribution in [2.75, 3.05) is 26.2 Å². The minimum Gasteiger partial charge on any atom is -0.390 e. The highest BCUT2D eigenvalue weighted by atomic mass is 32.1. The quantitative estimate of drug-likeness (QED) is 0.855. The Kier molecular flexibility index (Phi) is 4.96. The molecule has 1 amide bonds. The number of piperidine rings is 1. The number of rotatable bonds is 5. The van der Waals surface area contributed by atoms with E-state index in [0.717, 1.165) is 32.4 Å². The predicted octanol–water partition coefficient (Wildman–Crippen LogP) is 1.25. The Bertz CT molecular complexity index is 394. The molecule has 1 aliphatic rings. The number of nitrogens with one attached hydrogen (secondary N) is 1. The number of carbonyl (C=O) groups is 1. The van der Waals surface area contributed by atoms with Crippen molar-refractivity contribution in [3.8, 4) is 0 Å². The van der Waals surface area contributed by atoms with Crippen LogP contribution in [0.3, 0.4) is 0 Å². The summed E-state index contributed by atoms with van der Waals surface area (Å²) in [5, 5.41) is 14.9. The summed E-state index contributed by atoms with van der Waals surface area (Å²) in [6.45, 7) is 4.60. The van der Waals surface area contributed by atoms with Crippen LogP contribution in [-0.2, 0) is 11.2 Å². The van der Waals surface area contributed by atoms with Gasteiger partial charge in [-0.05, 0) is 37.6 Å². The first-order valence-electron chi connectivity index (χ1n) is 6.79. The molecule has 0 unspecified atom stereocenters. The number of nitrogens with zero attached hydrogens (tertiary/aromatic N) is 1. The molecule has 0 aromatic carbocycles. The van der Waals surface area contributed by atoms with Gasteiger partial charge in [0.05, 0.1) is 12.1 Å². The molecule has 2 heterocycles. The van der Waals surface area contributed by atoms with Crippen LogP contribution < -0.4 is 5.32 Å². The van der Waals surface area contributed by atoms with Crippen LogP contribution in [0, 0.1) is 0 Å². The molecule has 1 aromatic rings. The number of amides is 1. The van der Waals surface area contributed by atoms with Crippen molar-refractivity contribution < 1.29 is 9.90 Å². The van der Waals surface area contributed by atoms with Gasteiger partial charge >= 0.3 is 0 Å². The van der Waals surface area contributed by atoms with Crippen LogP contribution in [-0.4, -0.2) is 47.7 Å². The van der Waals surface area contributed by atoms with Crippen molar-refractivity contribution in [3.05, 3.63) is 22.4 Å². The van der Waals surface area contributed by atoms with E-state index in [4.69, 9.17) is 0 Å². The van der Waals surface area contributed by atoms with Gasteiger partial charge in [-0.3, -0.25) is 9.69 Å². The minimum atomic E-state index is -0.549. The third-order valence-corrected chi connectivity index (χ3v) is 4.51. The van der Waals surface area contributed by atoms with Crippen LogP contribution in [0.25, 0.3) is 0 Å². The van der Waals surface area contributed by atoms with Gasteiger partial charge in [0.15, 0.2) is 0 Å². The normalized spacial score (nSPS) is 19.3. The lowest BCUT2D eigenvalue weighted by atomic mass is 9.94. The maximum absolute atomic E-state index is 11.8. The zero-order valence-electron chi connectivity index (χ0n) is 11.4. The zero-order valence-corrected chi connectivity index (χ0v) is 12.2. The highest BCUT2D eigenvalue weighted by Crippen LogP contribution is 2.20. The second-order valence-electron chi connectivity index (χ2n) is 5.45. The molecule has 1 fully saturated rings.